The summed E-state index contributed by atoms with van der Waals surface area (Å²) in [6.45, 7) is 3.90. The van der Waals surface area contributed by atoms with Gasteiger partial charge in [-0.2, -0.15) is 0 Å². The molecule has 0 aliphatic heterocycles. The van der Waals surface area contributed by atoms with Gasteiger partial charge < -0.3 is 14.6 Å². The summed E-state index contributed by atoms with van der Waals surface area (Å²) in [5.41, 5.74) is 3.14. The van der Waals surface area contributed by atoms with Crippen molar-refractivity contribution >= 4 is 28.2 Å². The van der Waals surface area contributed by atoms with Crippen molar-refractivity contribution in [2.24, 2.45) is 5.92 Å². The van der Waals surface area contributed by atoms with Gasteiger partial charge in [0.25, 0.3) is 5.91 Å². The van der Waals surface area contributed by atoms with Crippen LogP contribution in [0.25, 0.3) is 11.3 Å². The van der Waals surface area contributed by atoms with Gasteiger partial charge in [0.2, 0.25) is 0 Å². The lowest BCUT2D eigenvalue weighted by molar-refractivity contribution is 0.0601. The predicted molar refractivity (Wildman–Crippen MR) is 116 cm³/mol. The van der Waals surface area contributed by atoms with E-state index in [2.05, 4.69) is 17.4 Å². The normalized spacial score (nSPS) is 15.5. The number of anilines is 1. The molecule has 2 aromatic heterocycles. The fourth-order valence-electron chi connectivity index (χ4n) is 4.01. The van der Waals surface area contributed by atoms with E-state index in [9.17, 15) is 9.59 Å². The second kappa shape index (κ2) is 8.44. The minimum Gasteiger partial charge on any atom is -0.465 e. The Morgan fingerprint density at radius 2 is 2.03 bits per heavy atom. The van der Waals surface area contributed by atoms with Crippen LogP contribution in [0.5, 0.6) is 0 Å². The van der Waals surface area contributed by atoms with Crippen LogP contribution in [-0.2, 0) is 17.6 Å². The van der Waals surface area contributed by atoms with Gasteiger partial charge >= 0.3 is 5.97 Å². The molecule has 0 spiro atoms. The van der Waals surface area contributed by atoms with E-state index in [0.29, 0.717) is 33.5 Å². The number of benzene rings is 1. The van der Waals surface area contributed by atoms with Gasteiger partial charge in [0.1, 0.15) is 22.0 Å². The Kier molecular flexibility index (Phi) is 5.72. The smallest absolute Gasteiger partial charge is 0.341 e. The number of nitrogens with zero attached hydrogens (tertiary/aromatic N) is 1. The van der Waals surface area contributed by atoms with Gasteiger partial charge in [-0.3, -0.25) is 4.79 Å². The van der Waals surface area contributed by atoms with Gasteiger partial charge in [-0.15, -0.1) is 11.3 Å². The van der Waals surface area contributed by atoms with Crippen molar-refractivity contribution in [3.63, 3.8) is 0 Å². The number of thiophene rings is 1. The number of amides is 1. The number of fused-ring (bicyclic) bond motifs is 1. The monoisotopic (exact) mass is 424 g/mol. The molecule has 2 heterocycles. The highest BCUT2D eigenvalue weighted by Gasteiger charge is 2.31. The first-order valence-electron chi connectivity index (χ1n) is 10.1. The van der Waals surface area contributed by atoms with Crippen LogP contribution in [0.1, 0.15) is 56.7 Å². The highest BCUT2D eigenvalue weighted by molar-refractivity contribution is 7.17. The number of nitrogens with one attached hydrogen (secondary N) is 1. The average molecular weight is 425 g/mol. The molecule has 1 aliphatic carbocycles. The van der Waals surface area contributed by atoms with Crippen molar-refractivity contribution in [1.29, 1.82) is 0 Å². The first kappa shape index (κ1) is 20.3. The Hall–Kier alpha value is -2.93. The average Bonchev–Trinajstić information content (AvgIpc) is 3.33. The van der Waals surface area contributed by atoms with Gasteiger partial charge in [0.05, 0.1) is 12.7 Å². The molecule has 0 saturated heterocycles. The van der Waals surface area contributed by atoms with Gasteiger partial charge in [0, 0.05) is 10.4 Å². The predicted octanol–water partition coefficient (Wildman–Crippen LogP) is 5.27. The Morgan fingerprint density at radius 1 is 1.27 bits per heavy atom. The molecule has 6 nitrogen and oxygen atoms in total. The lowest BCUT2D eigenvalue weighted by Gasteiger charge is -2.20. The number of methoxy groups -OCH3 is 1. The van der Waals surface area contributed by atoms with Crippen molar-refractivity contribution in [2.45, 2.75) is 39.5 Å². The molecule has 0 saturated carbocycles. The lowest BCUT2D eigenvalue weighted by Crippen LogP contribution is -2.17. The summed E-state index contributed by atoms with van der Waals surface area (Å²) in [5, 5.41) is 7.57. The van der Waals surface area contributed by atoms with Crippen molar-refractivity contribution in [1.82, 2.24) is 5.16 Å². The number of aryl methyl sites for hydroxylation is 1. The van der Waals surface area contributed by atoms with Crippen molar-refractivity contribution in [2.75, 3.05) is 12.4 Å². The minimum absolute atomic E-state index is 0.344. The zero-order valence-corrected chi connectivity index (χ0v) is 18.1. The summed E-state index contributed by atoms with van der Waals surface area (Å²) in [5.74, 6) is 0.278. The quantitative estimate of drug-likeness (QED) is 0.565. The highest BCUT2D eigenvalue weighted by atomic mass is 32.1. The number of hydrogen-bond acceptors (Lipinski definition) is 6. The maximum absolute atomic E-state index is 13.2. The van der Waals surface area contributed by atoms with E-state index >= 15 is 0 Å². The van der Waals surface area contributed by atoms with Gasteiger partial charge in [-0.1, -0.05) is 48.8 Å². The number of carbonyl (C=O) groups excluding carboxylic acids is 2. The molecule has 30 heavy (non-hydrogen) atoms. The minimum atomic E-state index is -0.414. The topological polar surface area (TPSA) is 81.4 Å². The van der Waals surface area contributed by atoms with Crippen LogP contribution in [0.15, 0.2) is 34.9 Å². The highest BCUT2D eigenvalue weighted by Crippen LogP contribution is 2.41. The van der Waals surface area contributed by atoms with Crippen LogP contribution in [0.4, 0.5) is 5.00 Å². The third-order valence-electron chi connectivity index (χ3n) is 5.70. The largest absolute Gasteiger partial charge is 0.465 e. The first-order chi connectivity index (χ1) is 14.5. The van der Waals surface area contributed by atoms with E-state index in [0.717, 1.165) is 41.7 Å². The van der Waals surface area contributed by atoms with E-state index in [1.807, 2.05) is 30.3 Å². The Morgan fingerprint density at radius 3 is 2.73 bits per heavy atom. The molecule has 4 rings (SSSR count). The molecular formula is C23H24N2O4S. The first-order valence-corrected chi connectivity index (χ1v) is 10.9. The molecule has 1 unspecified atom stereocenters. The molecule has 1 atom stereocenters. The molecule has 3 aromatic rings. The molecule has 7 heteroatoms. The molecule has 1 amide bonds. The zero-order chi connectivity index (χ0) is 21.3. The molecule has 0 fully saturated rings. The van der Waals surface area contributed by atoms with Crippen LogP contribution in [0.3, 0.4) is 0 Å². The van der Waals surface area contributed by atoms with Crippen LogP contribution >= 0.6 is 11.3 Å². The number of aromatic nitrogens is 1. The summed E-state index contributed by atoms with van der Waals surface area (Å²) in [4.78, 5) is 26.9. The van der Waals surface area contributed by atoms with Crippen molar-refractivity contribution < 1.29 is 18.8 Å². The fraction of sp³-hybridized carbons (Fsp3) is 0.348. The molecule has 1 N–H and O–H groups in total. The second-order valence-corrected chi connectivity index (χ2v) is 8.60. The SMILES string of the molecule is CCC1CCc2c(sc(NC(=O)c3c(-c4ccccc4)noc3C)c2C(=O)OC)C1. The molecule has 0 radical (unpaired) electrons. The number of esters is 1. The van der Waals surface area contributed by atoms with Crippen LogP contribution < -0.4 is 5.32 Å². The van der Waals surface area contributed by atoms with Crippen molar-refractivity contribution in [3.8, 4) is 11.3 Å². The summed E-state index contributed by atoms with van der Waals surface area (Å²) in [7, 11) is 1.37. The van der Waals surface area contributed by atoms with Crippen LogP contribution in [-0.4, -0.2) is 24.1 Å². The van der Waals surface area contributed by atoms with E-state index in [-0.39, 0.29) is 5.91 Å². The summed E-state index contributed by atoms with van der Waals surface area (Å²) in [6.07, 6.45) is 3.90. The van der Waals surface area contributed by atoms with Gasteiger partial charge in [-0.05, 0) is 37.7 Å². The summed E-state index contributed by atoms with van der Waals surface area (Å²) < 4.78 is 10.3. The third-order valence-corrected chi connectivity index (χ3v) is 6.87. The Bertz CT molecular complexity index is 1080. The second-order valence-electron chi connectivity index (χ2n) is 7.50. The van der Waals surface area contributed by atoms with Gasteiger partial charge in [0.15, 0.2) is 0 Å². The molecule has 1 aromatic carbocycles. The third kappa shape index (κ3) is 3.65. The van der Waals surface area contributed by atoms with Crippen LogP contribution in [0, 0.1) is 12.8 Å². The Labute approximate surface area is 179 Å². The summed E-state index contributed by atoms with van der Waals surface area (Å²) in [6, 6.07) is 9.42. The maximum atomic E-state index is 13.2. The number of hydrogen-bond donors (Lipinski definition) is 1. The van der Waals surface area contributed by atoms with E-state index < -0.39 is 5.97 Å². The molecular weight excluding hydrogens is 400 g/mol. The standard InChI is InChI=1S/C23H24N2O4S/c1-4-14-10-11-16-17(12-14)30-22(19(16)23(27)28-3)24-21(26)18-13(2)29-25-20(18)15-8-6-5-7-9-15/h5-9,14H,4,10-12H2,1-3H3,(H,24,26). The van der Waals surface area contributed by atoms with Crippen LogP contribution in [0.2, 0.25) is 0 Å². The maximum Gasteiger partial charge on any atom is 0.341 e. The fourth-order valence-corrected chi connectivity index (χ4v) is 5.35. The summed E-state index contributed by atoms with van der Waals surface area (Å²) >= 11 is 1.47. The molecule has 1 aliphatic rings. The zero-order valence-electron chi connectivity index (χ0n) is 17.3. The number of ether oxygens (including phenoxy) is 1. The molecule has 0 bridgehead atoms. The number of carbonyl (C=O) groups is 2. The van der Waals surface area contributed by atoms with E-state index in [1.165, 1.54) is 18.4 Å². The number of rotatable bonds is 5. The molecule has 156 valence electrons. The van der Waals surface area contributed by atoms with E-state index in [1.54, 1.807) is 6.92 Å². The lowest BCUT2D eigenvalue weighted by atomic mass is 9.85. The Balaban J connectivity index is 1.70. The van der Waals surface area contributed by atoms with Gasteiger partial charge in [-0.25, -0.2) is 4.79 Å². The van der Waals surface area contributed by atoms with Crippen molar-refractivity contribution in [3.05, 3.63) is 57.7 Å². The van der Waals surface area contributed by atoms with E-state index in [4.69, 9.17) is 9.26 Å².